The number of rotatable bonds is 7. The van der Waals surface area contributed by atoms with Gasteiger partial charge < -0.3 is 15.0 Å². The number of nitrogens with one attached hydrogen (secondary N) is 1. The van der Waals surface area contributed by atoms with Gasteiger partial charge in [-0.05, 0) is 13.3 Å². The smallest absolute Gasteiger partial charge is 0.323 e. The maximum absolute atomic E-state index is 5.50. The topological polar surface area (TPSA) is 63.2 Å². The monoisotopic (exact) mass is 239 g/mol. The van der Waals surface area contributed by atoms with Crippen molar-refractivity contribution >= 4 is 11.9 Å². The van der Waals surface area contributed by atoms with E-state index >= 15 is 0 Å². The Labute approximate surface area is 102 Å². The molecule has 0 radical (unpaired) electrons. The lowest BCUT2D eigenvalue weighted by molar-refractivity contribution is 0.285. The van der Waals surface area contributed by atoms with Crippen LogP contribution in [0.1, 0.15) is 26.7 Å². The fourth-order valence-electron chi connectivity index (χ4n) is 1.16. The van der Waals surface area contributed by atoms with Gasteiger partial charge in [-0.3, -0.25) is 0 Å². The Balaban J connectivity index is 2.79. The van der Waals surface area contributed by atoms with Crippen LogP contribution in [0, 0.1) is 0 Å². The fraction of sp³-hybridized carbons (Fsp3) is 0.727. The molecule has 6 heteroatoms. The summed E-state index contributed by atoms with van der Waals surface area (Å²) in [7, 11) is 3.78. The molecule has 0 aliphatic rings. The van der Waals surface area contributed by atoms with Gasteiger partial charge in [-0.1, -0.05) is 13.3 Å². The number of unbranched alkanes of at least 4 members (excludes halogenated alkanes) is 1. The average Bonchev–Trinajstić information content (AvgIpc) is 2.29. The molecular formula is C11H21N5O. The van der Waals surface area contributed by atoms with Crippen LogP contribution in [0.5, 0.6) is 6.01 Å². The summed E-state index contributed by atoms with van der Waals surface area (Å²) in [5, 5.41) is 3.06. The number of aromatic nitrogens is 3. The first-order valence-electron chi connectivity index (χ1n) is 5.97. The first-order chi connectivity index (χ1) is 8.17. The van der Waals surface area contributed by atoms with Gasteiger partial charge in [0.25, 0.3) is 0 Å². The third-order valence-corrected chi connectivity index (χ3v) is 2.07. The van der Waals surface area contributed by atoms with Crippen LogP contribution in [0.25, 0.3) is 0 Å². The summed E-state index contributed by atoms with van der Waals surface area (Å²) in [6.07, 6.45) is 2.09. The van der Waals surface area contributed by atoms with Crippen molar-refractivity contribution in [1.29, 1.82) is 0 Å². The van der Waals surface area contributed by atoms with Crippen LogP contribution in [0.3, 0.4) is 0 Å². The van der Waals surface area contributed by atoms with Gasteiger partial charge in [-0.2, -0.15) is 15.0 Å². The lowest BCUT2D eigenvalue weighted by Crippen LogP contribution is -2.16. The maximum Gasteiger partial charge on any atom is 0.323 e. The zero-order chi connectivity index (χ0) is 12.7. The van der Waals surface area contributed by atoms with Gasteiger partial charge in [0.2, 0.25) is 11.9 Å². The molecule has 0 saturated carbocycles. The summed E-state index contributed by atoms with van der Waals surface area (Å²) in [6.45, 7) is 5.52. The summed E-state index contributed by atoms with van der Waals surface area (Å²) in [5.41, 5.74) is 0. The number of anilines is 2. The van der Waals surface area contributed by atoms with Crippen LogP contribution in [0.2, 0.25) is 0 Å². The van der Waals surface area contributed by atoms with E-state index in [-0.39, 0.29) is 0 Å². The van der Waals surface area contributed by atoms with Crippen LogP contribution in [0.15, 0.2) is 0 Å². The second-order valence-corrected chi connectivity index (χ2v) is 3.87. The summed E-state index contributed by atoms with van der Waals surface area (Å²) < 4.78 is 5.50. The molecule has 1 aromatic heterocycles. The number of nitrogens with zero attached hydrogens (tertiary/aromatic N) is 4. The predicted octanol–water partition coefficient (Wildman–Crippen LogP) is 1.55. The van der Waals surface area contributed by atoms with Gasteiger partial charge in [-0.25, -0.2) is 0 Å². The standard InChI is InChI=1S/C11H21N5O/c1-5-7-8-17-11-14-9(12-6-2)13-10(15-11)16(3)4/h5-8H2,1-4H3,(H,12,13,14,15). The third-order valence-electron chi connectivity index (χ3n) is 2.07. The van der Waals surface area contributed by atoms with Crippen LogP contribution in [-0.2, 0) is 0 Å². The molecule has 1 aromatic rings. The third kappa shape index (κ3) is 4.42. The van der Waals surface area contributed by atoms with E-state index in [0.29, 0.717) is 24.5 Å². The van der Waals surface area contributed by atoms with Crippen molar-refractivity contribution in [3.05, 3.63) is 0 Å². The molecule has 0 saturated heterocycles. The number of hydrogen-bond acceptors (Lipinski definition) is 6. The van der Waals surface area contributed by atoms with E-state index in [9.17, 15) is 0 Å². The highest BCUT2D eigenvalue weighted by molar-refractivity contribution is 5.36. The SMILES string of the molecule is CCCCOc1nc(NCC)nc(N(C)C)n1. The summed E-state index contributed by atoms with van der Waals surface area (Å²) in [6, 6.07) is 0.383. The Kier molecular flexibility index (Phi) is 5.45. The van der Waals surface area contributed by atoms with E-state index in [4.69, 9.17) is 4.74 Å². The van der Waals surface area contributed by atoms with Crippen molar-refractivity contribution in [2.75, 3.05) is 37.5 Å². The van der Waals surface area contributed by atoms with Crippen molar-refractivity contribution in [2.24, 2.45) is 0 Å². The zero-order valence-corrected chi connectivity index (χ0v) is 11.0. The Morgan fingerprint density at radius 3 is 2.53 bits per heavy atom. The Morgan fingerprint density at radius 2 is 1.94 bits per heavy atom. The molecule has 0 aromatic carbocycles. The maximum atomic E-state index is 5.50. The van der Waals surface area contributed by atoms with Crippen LogP contribution < -0.4 is 15.0 Å². The number of ether oxygens (including phenoxy) is 1. The summed E-state index contributed by atoms with van der Waals surface area (Å²) in [4.78, 5) is 14.5. The lowest BCUT2D eigenvalue weighted by atomic mass is 10.4. The lowest BCUT2D eigenvalue weighted by Gasteiger charge is -2.13. The zero-order valence-electron chi connectivity index (χ0n) is 11.0. The second kappa shape index (κ2) is 6.88. The van der Waals surface area contributed by atoms with Gasteiger partial charge >= 0.3 is 6.01 Å². The molecule has 0 atom stereocenters. The molecule has 6 nitrogen and oxygen atoms in total. The van der Waals surface area contributed by atoms with Crippen LogP contribution in [-0.4, -0.2) is 42.2 Å². The van der Waals surface area contributed by atoms with Gasteiger partial charge in [0.1, 0.15) is 0 Å². The largest absolute Gasteiger partial charge is 0.463 e. The predicted molar refractivity (Wildman–Crippen MR) is 68.7 cm³/mol. The molecule has 0 fully saturated rings. The van der Waals surface area contributed by atoms with Crippen LogP contribution >= 0.6 is 0 Å². The molecule has 1 rings (SSSR count). The van der Waals surface area contributed by atoms with E-state index < -0.39 is 0 Å². The molecule has 96 valence electrons. The van der Waals surface area contributed by atoms with Gasteiger partial charge in [-0.15, -0.1) is 0 Å². The first kappa shape index (κ1) is 13.5. The highest BCUT2D eigenvalue weighted by atomic mass is 16.5. The molecule has 1 N–H and O–H groups in total. The molecule has 1 heterocycles. The summed E-state index contributed by atoms with van der Waals surface area (Å²) >= 11 is 0. The summed E-state index contributed by atoms with van der Waals surface area (Å²) in [5.74, 6) is 1.15. The molecule has 0 amide bonds. The van der Waals surface area contributed by atoms with Crippen LogP contribution in [0.4, 0.5) is 11.9 Å². The molecule has 0 aliphatic heterocycles. The molecule has 0 unspecified atom stereocenters. The molecule has 17 heavy (non-hydrogen) atoms. The quantitative estimate of drug-likeness (QED) is 0.728. The molecule has 0 aliphatic carbocycles. The second-order valence-electron chi connectivity index (χ2n) is 3.87. The minimum atomic E-state index is 0.383. The fourth-order valence-corrected chi connectivity index (χ4v) is 1.16. The Hall–Kier alpha value is -1.59. The normalized spacial score (nSPS) is 10.1. The van der Waals surface area contributed by atoms with E-state index in [1.807, 2.05) is 25.9 Å². The molecule has 0 spiro atoms. The minimum absolute atomic E-state index is 0.383. The van der Waals surface area contributed by atoms with Gasteiger partial charge in [0, 0.05) is 20.6 Å². The van der Waals surface area contributed by atoms with E-state index in [2.05, 4.69) is 27.2 Å². The van der Waals surface area contributed by atoms with Gasteiger partial charge in [0.05, 0.1) is 6.61 Å². The highest BCUT2D eigenvalue weighted by Gasteiger charge is 2.08. The molecule has 0 bridgehead atoms. The van der Waals surface area contributed by atoms with E-state index in [0.717, 1.165) is 19.4 Å². The highest BCUT2D eigenvalue weighted by Crippen LogP contribution is 2.13. The number of hydrogen-bond donors (Lipinski definition) is 1. The molecular weight excluding hydrogens is 218 g/mol. The Bertz CT molecular complexity index is 343. The van der Waals surface area contributed by atoms with E-state index in [1.54, 1.807) is 0 Å². The van der Waals surface area contributed by atoms with Crippen molar-refractivity contribution in [2.45, 2.75) is 26.7 Å². The van der Waals surface area contributed by atoms with Crippen molar-refractivity contribution in [3.8, 4) is 6.01 Å². The Morgan fingerprint density at radius 1 is 1.18 bits per heavy atom. The minimum Gasteiger partial charge on any atom is -0.463 e. The van der Waals surface area contributed by atoms with E-state index in [1.165, 1.54) is 0 Å². The van der Waals surface area contributed by atoms with Gasteiger partial charge in [0.15, 0.2) is 0 Å². The average molecular weight is 239 g/mol. The van der Waals surface area contributed by atoms with Crippen molar-refractivity contribution in [3.63, 3.8) is 0 Å². The first-order valence-corrected chi connectivity index (χ1v) is 5.97. The van der Waals surface area contributed by atoms with Crippen molar-refractivity contribution < 1.29 is 4.74 Å². The van der Waals surface area contributed by atoms with Crippen molar-refractivity contribution in [1.82, 2.24) is 15.0 Å².